The Morgan fingerprint density at radius 3 is 3.00 bits per heavy atom. The summed E-state index contributed by atoms with van der Waals surface area (Å²) in [5.74, 6) is 0.270. The second kappa shape index (κ2) is 5.88. The van der Waals surface area contributed by atoms with Crippen molar-refractivity contribution in [1.29, 1.82) is 0 Å². The maximum atomic E-state index is 11.9. The predicted molar refractivity (Wildman–Crippen MR) is 69.6 cm³/mol. The molecule has 2 heterocycles. The van der Waals surface area contributed by atoms with Crippen molar-refractivity contribution in [3.63, 3.8) is 0 Å². The first-order valence-electron chi connectivity index (χ1n) is 5.23. The van der Waals surface area contributed by atoms with E-state index in [0.29, 0.717) is 21.6 Å². The van der Waals surface area contributed by atoms with E-state index >= 15 is 0 Å². The van der Waals surface area contributed by atoms with Crippen LogP contribution in [0.1, 0.15) is 12.8 Å². The van der Waals surface area contributed by atoms with Crippen LogP contribution in [0.2, 0.25) is 0 Å². The number of carbonyl (C=O) groups excluding carboxylic acids is 1. The van der Waals surface area contributed by atoms with E-state index in [1.807, 2.05) is 0 Å². The Bertz CT molecular complexity index is 422. The third-order valence-electron chi connectivity index (χ3n) is 2.47. The van der Waals surface area contributed by atoms with E-state index in [0.717, 1.165) is 19.4 Å². The van der Waals surface area contributed by atoms with Gasteiger partial charge in [0.2, 0.25) is 5.91 Å². The molecule has 1 N–H and O–H groups in total. The molecule has 7 heteroatoms. The molecule has 92 valence electrons. The van der Waals surface area contributed by atoms with Gasteiger partial charge in [-0.15, -0.1) is 0 Å². The number of nitrogens with zero attached hydrogens (tertiary/aromatic N) is 2. The fourth-order valence-electron chi connectivity index (χ4n) is 1.60. The summed E-state index contributed by atoms with van der Waals surface area (Å²) in [4.78, 5) is 20.1. The van der Waals surface area contributed by atoms with Gasteiger partial charge in [0.1, 0.15) is 9.21 Å². The number of aromatic nitrogens is 2. The van der Waals surface area contributed by atoms with E-state index in [1.165, 1.54) is 6.20 Å². The van der Waals surface area contributed by atoms with Crippen LogP contribution in [0.4, 0.5) is 5.82 Å². The standard InChI is InChI=1S/C10H11Br2N3O2/c11-7-4-13-9(8(12)14-7)15-10(16)6-2-1-3-17-5-6/h4,6H,1-3,5H2,(H,13,15,16). The molecule has 17 heavy (non-hydrogen) atoms. The maximum Gasteiger partial charge on any atom is 0.231 e. The number of anilines is 1. The van der Waals surface area contributed by atoms with Crippen LogP contribution in [0, 0.1) is 5.92 Å². The van der Waals surface area contributed by atoms with Gasteiger partial charge in [-0.05, 0) is 44.7 Å². The lowest BCUT2D eigenvalue weighted by Gasteiger charge is -2.21. The maximum absolute atomic E-state index is 11.9. The summed E-state index contributed by atoms with van der Waals surface area (Å²) in [5.41, 5.74) is 0. The fourth-order valence-corrected chi connectivity index (χ4v) is 2.51. The molecule has 1 amide bonds. The molecule has 0 bridgehead atoms. The van der Waals surface area contributed by atoms with E-state index < -0.39 is 0 Å². The molecule has 1 fully saturated rings. The summed E-state index contributed by atoms with van der Waals surface area (Å²) >= 11 is 6.45. The minimum atomic E-state index is -0.0962. The van der Waals surface area contributed by atoms with Gasteiger partial charge in [-0.2, -0.15) is 0 Å². The molecule has 0 aliphatic carbocycles. The third kappa shape index (κ3) is 3.46. The lowest BCUT2D eigenvalue weighted by molar-refractivity contribution is -0.123. The highest BCUT2D eigenvalue weighted by Gasteiger charge is 2.22. The molecule has 0 aromatic carbocycles. The van der Waals surface area contributed by atoms with Crippen molar-refractivity contribution < 1.29 is 9.53 Å². The Kier molecular flexibility index (Phi) is 4.47. The smallest absolute Gasteiger partial charge is 0.231 e. The molecule has 0 saturated carbocycles. The Morgan fingerprint density at radius 2 is 2.35 bits per heavy atom. The number of halogens is 2. The molecule has 1 aromatic heterocycles. The minimum Gasteiger partial charge on any atom is -0.381 e. The van der Waals surface area contributed by atoms with Crippen LogP contribution < -0.4 is 5.32 Å². The number of nitrogens with one attached hydrogen (secondary N) is 1. The topological polar surface area (TPSA) is 64.1 Å². The van der Waals surface area contributed by atoms with Crippen LogP contribution in [0.3, 0.4) is 0 Å². The monoisotopic (exact) mass is 363 g/mol. The molecule has 1 unspecified atom stereocenters. The molecule has 1 saturated heterocycles. The van der Waals surface area contributed by atoms with E-state index in [2.05, 4.69) is 47.1 Å². The first-order chi connectivity index (χ1) is 8.16. The van der Waals surface area contributed by atoms with E-state index in [9.17, 15) is 4.79 Å². The van der Waals surface area contributed by atoms with Crippen molar-refractivity contribution in [2.24, 2.45) is 5.92 Å². The van der Waals surface area contributed by atoms with Crippen molar-refractivity contribution in [2.75, 3.05) is 18.5 Å². The molecule has 1 aliphatic heterocycles. The molecule has 1 aromatic rings. The highest BCUT2D eigenvalue weighted by atomic mass is 79.9. The van der Waals surface area contributed by atoms with Crippen LogP contribution in [-0.4, -0.2) is 29.1 Å². The zero-order valence-electron chi connectivity index (χ0n) is 8.95. The van der Waals surface area contributed by atoms with E-state index in [1.54, 1.807) is 0 Å². The summed E-state index contributed by atoms with van der Waals surface area (Å²) in [6, 6.07) is 0. The molecule has 0 radical (unpaired) electrons. The number of hydrogen-bond acceptors (Lipinski definition) is 4. The first kappa shape index (κ1) is 12.9. The van der Waals surface area contributed by atoms with Crippen LogP contribution in [0.5, 0.6) is 0 Å². The lowest BCUT2D eigenvalue weighted by Crippen LogP contribution is -2.30. The van der Waals surface area contributed by atoms with Gasteiger partial charge in [0.25, 0.3) is 0 Å². The van der Waals surface area contributed by atoms with Gasteiger partial charge < -0.3 is 10.1 Å². The van der Waals surface area contributed by atoms with Gasteiger partial charge in [-0.25, -0.2) is 9.97 Å². The Hall–Kier alpha value is -0.530. The first-order valence-corrected chi connectivity index (χ1v) is 6.82. The molecular formula is C10H11Br2N3O2. The van der Waals surface area contributed by atoms with Crippen LogP contribution in [0.25, 0.3) is 0 Å². The minimum absolute atomic E-state index is 0.0676. The van der Waals surface area contributed by atoms with Crippen LogP contribution in [-0.2, 0) is 9.53 Å². The summed E-state index contributed by atoms with van der Waals surface area (Å²) in [6.45, 7) is 1.22. The van der Waals surface area contributed by atoms with Crippen molar-refractivity contribution >= 4 is 43.6 Å². The number of hydrogen-bond donors (Lipinski definition) is 1. The zero-order chi connectivity index (χ0) is 12.3. The van der Waals surface area contributed by atoms with Gasteiger partial charge in [0, 0.05) is 6.61 Å². The van der Waals surface area contributed by atoms with E-state index in [4.69, 9.17) is 4.74 Å². The highest BCUT2D eigenvalue weighted by Crippen LogP contribution is 2.21. The van der Waals surface area contributed by atoms with Gasteiger partial charge in [0.05, 0.1) is 18.7 Å². The Labute approximate surface area is 116 Å². The molecule has 5 nitrogen and oxygen atoms in total. The van der Waals surface area contributed by atoms with Crippen LogP contribution in [0.15, 0.2) is 15.4 Å². The summed E-state index contributed by atoms with van der Waals surface area (Å²) in [7, 11) is 0. The average Bonchev–Trinajstić information content (AvgIpc) is 2.34. The number of ether oxygens (including phenoxy) is 1. The average molecular weight is 365 g/mol. The van der Waals surface area contributed by atoms with Crippen molar-refractivity contribution in [3.8, 4) is 0 Å². The van der Waals surface area contributed by atoms with Gasteiger partial charge >= 0.3 is 0 Å². The zero-order valence-corrected chi connectivity index (χ0v) is 12.1. The van der Waals surface area contributed by atoms with Gasteiger partial charge in [0.15, 0.2) is 5.82 Å². The SMILES string of the molecule is O=C(Nc1ncc(Br)nc1Br)C1CCCOC1. The quantitative estimate of drug-likeness (QED) is 0.874. The van der Waals surface area contributed by atoms with Crippen molar-refractivity contribution in [3.05, 3.63) is 15.4 Å². The van der Waals surface area contributed by atoms with E-state index in [-0.39, 0.29) is 11.8 Å². The summed E-state index contributed by atoms with van der Waals surface area (Å²) in [6.07, 6.45) is 3.32. The normalized spacial score (nSPS) is 20.0. The highest BCUT2D eigenvalue weighted by molar-refractivity contribution is 9.11. The number of carbonyl (C=O) groups is 1. The largest absolute Gasteiger partial charge is 0.381 e. The van der Waals surface area contributed by atoms with Crippen LogP contribution >= 0.6 is 31.9 Å². The molecule has 0 spiro atoms. The second-order valence-corrected chi connectivity index (χ2v) is 5.30. The molecule has 1 aliphatic rings. The van der Waals surface area contributed by atoms with Crippen molar-refractivity contribution in [1.82, 2.24) is 9.97 Å². The van der Waals surface area contributed by atoms with Crippen molar-refractivity contribution in [2.45, 2.75) is 12.8 Å². The Morgan fingerprint density at radius 1 is 1.53 bits per heavy atom. The molecule has 2 rings (SSSR count). The fraction of sp³-hybridized carbons (Fsp3) is 0.500. The number of rotatable bonds is 2. The molecule has 1 atom stereocenters. The number of amides is 1. The Balaban J connectivity index is 2.02. The third-order valence-corrected chi connectivity index (χ3v) is 3.41. The molecular weight excluding hydrogens is 354 g/mol. The second-order valence-electron chi connectivity index (χ2n) is 3.74. The lowest BCUT2D eigenvalue weighted by atomic mass is 10.0. The van der Waals surface area contributed by atoms with Gasteiger partial charge in [-0.3, -0.25) is 4.79 Å². The predicted octanol–water partition coefficient (Wildman–Crippen LogP) is 2.37. The van der Waals surface area contributed by atoms with Gasteiger partial charge in [-0.1, -0.05) is 0 Å². The summed E-state index contributed by atoms with van der Waals surface area (Å²) in [5, 5.41) is 2.75. The summed E-state index contributed by atoms with van der Waals surface area (Å²) < 4.78 is 6.40.